The van der Waals surface area contributed by atoms with E-state index in [1.165, 1.54) is 13.8 Å². The maximum absolute atomic E-state index is 14.1. The van der Waals surface area contributed by atoms with Crippen LogP contribution in [0.2, 0.25) is 0 Å². The Morgan fingerprint density at radius 1 is 0.638 bits per heavy atom. The number of hydrogen-bond donors (Lipinski definition) is 14. The van der Waals surface area contributed by atoms with Crippen LogP contribution in [0.5, 0.6) is 0 Å². The Bertz CT molecular complexity index is 1800. The first-order valence-corrected chi connectivity index (χ1v) is 23.3. The van der Waals surface area contributed by atoms with Crippen LogP contribution in [0.1, 0.15) is 112 Å². The Kier molecular flexibility index (Phi) is 27.0. The number of nitrogens with one attached hydrogen (secondary N) is 7. The van der Waals surface area contributed by atoms with Crippen LogP contribution in [0, 0.1) is 11.8 Å². The number of aliphatic carboxylic acids is 2. The summed E-state index contributed by atoms with van der Waals surface area (Å²) in [7, 11) is 0. The molecule has 9 amide bonds. The summed E-state index contributed by atoms with van der Waals surface area (Å²) in [4.78, 5) is 145. The van der Waals surface area contributed by atoms with Gasteiger partial charge in [0.1, 0.15) is 54.4 Å². The molecule has 1 rings (SSSR count). The number of primary amides is 1. The summed E-state index contributed by atoms with van der Waals surface area (Å²) >= 11 is 0. The first kappa shape index (κ1) is 61.0. The van der Waals surface area contributed by atoms with Crippen LogP contribution in [0.3, 0.4) is 0 Å². The molecule has 0 unspecified atom stereocenters. The van der Waals surface area contributed by atoms with Crippen LogP contribution in [-0.4, -0.2) is 171 Å². The minimum Gasteiger partial charge on any atom is -0.481 e. The van der Waals surface area contributed by atoms with E-state index in [9.17, 15) is 73.2 Å². The van der Waals surface area contributed by atoms with Gasteiger partial charge >= 0.3 is 11.9 Å². The van der Waals surface area contributed by atoms with E-state index in [1.54, 1.807) is 27.7 Å². The molecule has 392 valence electrons. The number of carbonyl (C=O) groups is 11. The molecule has 12 atom stereocenters. The van der Waals surface area contributed by atoms with Crippen molar-refractivity contribution in [2.75, 3.05) is 19.7 Å². The molecule has 0 bridgehead atoms. The standard InChI is InChI=1S/C43H75N11O15/c1-7-21(3)33(41(66)50-26(14-16-30(45)57)36(61)47-23(5)35(60)53-34(43(68)69)22(4)8-2)52-38(63)25(12-9-10-18-44)48-37(62)27(15-17-31(58)59)49-39(64)29-13-11-19-54(29)42(67)28(20-55)51-40(65)32(46)24(6)56/h21-29,32-34,55-56H,7-20,44,46H2,1-6H3,(H2,45,57)(H,47,61)(H,48,62)(H,49,64)(H,50,66)(H,51,65)(H,52,63)(H,53,60)(H,58,59)(H,68,69)/t21-,22-,23-,24+,25-,26-,27-,28-,29-,32-,33-,34-/m0/s1. The molecule has 1 aliphatic rings. The number of carboxylic acid groups (broad SMARTS) is 2. The number of likely N-dealkylation sites (tertiary alicyclic amines) is 1. The lowest BCUT2D eigenvalue weighted by Gasteiger charge is -2.30. The number of amides is 9. The normalized spacial score (nSPS) is 18.2. The lowest BCUT2D eigenvalue weighted by molar-refractivity contribution is -0.144. The number of nitrogens with zero attached hydrogens (tertiary/aromatic N) is 1. The van der Waals surface area contributed by atoms with E-state index in [0.717, 1.165) is 4.90 Å². The van der Waals surface area contributed by atoms with Crippen LogP contribution in [0.4, 0.5) is 0 Å². The average Bonchev–Trinajstić information content (AvgIpc) is 3.80. The molecule has 1 aliphatic heterocycles. The summed E-state index contributed by atoms with van der Waals surface area (Å²) in [6.45, 7) is 8.54. The Morgan fingerprint density at radius 2 is 1.14 bits per heavy atom. The van der Waals surface area contributed by atoms with E-state index in [1.807, 2.05) is 0 Å². The number of aliphatic hydroxyl groups excluding tert-OH is 2. The van der Waals surface area contributed by atoms with Crippen molar-refractivity contribution in [3.8, 4) is 0 Å². The van der Waals surface area contributed by atoms with Gasteiger partial charge in [0.15, 0.2) is 0 Å². The molecule has 0 aromatic carbocycles. The highest BCUT2D eigenvalue weighted by Crippen LogP contribution is 2.20. The quantitative estimate of drug-likeness (QED) is 0.0283. The first-order valence-electron chi connectivity index (χ1n) is 23.3. The summed E-state index contributed by atoms with van der Waals surface area (Å²) in [5.41, 5.74) is 16.7. The van der Waals surface area contributed by atoms with Gasteiger partial charge in [-0.1, -0.05) is 40.5 Å². The van der Waals surface area contributed by atoms with Crippen LogP contribution in [-0.2, 0) is 52.7 Å². The van der Waals surface area contributed by atoms with Gasteiger partial charge in [0.25, 0.3) is 0 Å². The van der Waals surface area contributed by atoms with Gasteiger partial charge in [-0.15, -0.1) is 0 Å². The van der Waals surface area contributed by atoms with Gasteiger partial charge in [-0.2, -0.15) is 0 Å². The van der Waals surface area contributed by atoms with Gasteiger partial charge < -0.3 is 79.7 Å². The van der Waals surface area contributed by atoms with Gasteiger partial charge in [-0.05, 0) is 77.2 Å². The summed E-state index contributed by atoms with van der Waals surface area (Å²) < 4.78 is 0. The monoisotopic (exact) mass is 986 g/mol. The predicted octanol–water partition coefficient (Wildman–Crippen LogP) is -4.47. The third-order valence-corrected chi connectivity index (χ3v) is 12.0. The molecular weight excluding hydrogens is 911 g/mol. The second-order valence-electron chi connectivity index (χ2n) is 17.4. The summed E-state index contributed by atoms with van der Waals surface area (Å²) in [6.07, 6.45) is -1.40. The Balaban J connectivity index is 3.40. The molecule has 69 heavy (non-hydrogen) atoms. The Morgan fingerprint density at radius 3 is 1.68 bits per heavy atom. The van der Waals surface area contributed by atoms with E-state index in [2.05, 4.69) is 37.2 Å². The van der Waals surface area contributed by atoms with E-state index >= 15 is 0 Å². The van der Waals surface area contributed by atoms with Gasteiger partial charge in [-0.3, -0.25) is 47.9 Å². The Labute approximate surface area is 401 Å². The zero-order valence-electron chi connectivity index (χ0n) is 40.3. The fourth-order valence-electron chi connectivity index (χ4n) is 7.13. The van der Waals surface area contributed by atoms with Crippen molar-refractivity contribution in [1.82, 2.24) is 42.1 Å². The third-order valence-electron chi connectivity index (χ3n) is 12.0. The molecular formula is C43H75N11O15. The second kappa shape index (κ2) is 30.5. The number of rotatable bonds is 32. The molecule has 0 aromatic heterocycles. The highest BCUT2D eigenvalue weighted by atomic mass is 16.4. The molecule has 1 saturated heterocycles. The zero-order valence-corrected chi connectivity index (χ0v) is 40.3. The van der Waals surface area contributed by atoms with E-state index in [4.69, 9.17) is 17.2 Å². The highest BCUT2D eigenvalue weighted by molar-refractivity contribution is 5.98. The molecule has 0 aromatic rings. The van der Waals surface area contributed by atoms with Crippen molar-refractivity contribution in [1.29, 1.82) is 0 Å². The van der Waals surface area contributed by atoms with Crippen molar-refractivity contribution in [2.24, 2.45) is 29.0 Å². The fraction of sp³-hybridized carbons (Fsp3) is 0.744. The van der Waals surface area contributed by atoms with Crippen LogP contribution in [0.25, 0.3) is 0 Å². The fourth-order valence-corrected chi connectivity index (χ4v) is 7.13. The number of aliphatic hydroxyl groups is 2. The molecule has 0 saturated carbocycles. The minimum absolute atomic E-state index is 0.00634. The Hall–Kier alpha value is -5.99. The molecule has 26 nitrogen and oxygen atoms in total. The van der Waals surface area contributed by atoms with Crippen LogP contribution >= 0.6 is 0 Å². The highest BCUT2D eigenvalue weighted by Gasteiger charge is 2.40. The van der Waals surface area contributed by atoms with Crippen molar-refractivity contribution < 1.29 is 73.2 Å². The number of unbranched alkanes of at least 4 members (excludes halogenated alkanes) is 1. The maximum atomic E-state index is 14.1. The molecule has 17 N–H and O–H groups in total. The minimum atomic E-state index is -1.58. The first-order chi connectivity index (χ1) is 32.3. The summed E-state index contributed by atoms with van der Waals surface area (Å²) in [6, 6.07) is -12.6. The summed E-state index contributed by atoms with van der Waals surface area (Å²) in [5.74, 6) is -11.7. The van der Waals surface area contributed by atoms with Crippen LogP contribution < -0.4 is 54.4 Å². The molecule has 1 fully saturated rings. The molecule has 0 radical (unpaired) electrons. The van der Waals surface area contributed by atoms with E-state index in [0.29, 0.717) is 25.7 Å². The molecule has 26 heteroatoms. The predicted molar refractivity (Wildman–Crippen MR) is 245 cm³/mol. The van der Waals surface area contributed by atoms with Gasteiger partial charge in [0, 0.05) is 19.4 Å². The number of nitrogens with two attached hydrogens (primary N) is 3. The third kappa shape index (κ3) is 20.3. The molecule has 0 aliphatic carbocycles. The SMILES string of the molecule is CC[C@H](C)[C@H](NC(=O)[C@H](C)NC(=O)[C@H](CCC(N)=O)NC(=O)[C@@H](NC(=O)[C@H](CCCCN)NC(=O)[C@H](CCC(=O)O)NC(=O)[C@@H]1CCCN1C(=O)[C@H](CO)NC(=O)[C@@H](N)[C@@H](C)O)[C@@H](C)CC)C(=O)O. The van der Waals surface area contributed by atoms with Crippen molar-refractivity contribution in [3.63, 3.8) is 0 Å². The topological polar surface area (TPSA) is 434 Å². The van der Waals surface area contributed by atoms with E-state index < -0.39 is 157 Å². The van der Waals surface area contributed by atoms with Gasteiger partial charge in [0.2, 0.25) is 53.2 Å². The zero-order chi connectivity index (χ0) is 52.7. The van der Waals surface area contributed by atoms with Gasteiger partial charge in [-0.25, -0.2) is 4.79 Å². The average molecular weight is 986 g/mol. The van der Waals surface area contributed by atoms with Crippen molar-refractivity contribution >= 4 is 65.1 Å². The smallest absolute Gasteiger partial charge is 0.326 e. The van der Waals surface area contributed by atoms with Crippen molar-refractivity contribution in [3.05, 3.63) is 0 Å². The number of carboxylic acids is 2. The van der Waals surface area contributed by atoms with Crippen LogP contribution in [0.15, 0.2) is 0 Å². The number of carbonyl (C=O) groups excluding carboxylic acids is 9. The number of hydrogen-bond acceptors (Lipinski definition) is 15. The van der Waals surface area contributed by atoms with Gasteiger partial charge in [0.05, 0.1) is 12.7 Å². The van der Waals surface area contributed by atoms with Crippen molar-refractivity contribution in [2.45, 2.75) is 173 Å². The second-order valence-corrected chi connectivity index (χ2v) is 17.4. The molecule has 1 heterocycles. The molecule has 0 spiro atoms. The lowest BCUT2D eigenvalue weighted by atomic mass is 9.96. The summed E-state index contributed by atoms with van der Waals surface area (Å²) in [5, 5.41) is 55.9. The maximum Gasteiger partial charge on any atom is 0.326 e. The largest absolute Gasteiger partial charge is 0.481 e. The van der Waals surface area contributed by atoms with E-state index in [-0.39, 0.29) is 45.2 Å². The lowest BCUT2D eigenvalue weighted by Crippen LogP contribution is -2.61.